The lowest BCUT2D eigenvalue weighted by Crippen LogP contribution is -2.37. The van der Waals surface area contributed by atoms with Crippen LogP contribution in [0.2, 0.25) is 0 Å². The molecule has 0 unspecified atom stereocenters. The van der Waals surface area contributed by atoms with Gasteiger partial charge < -0.3 is 25.5 Å². The molecular weight excluding hydrogens is 471 g/mol. The van der Waals surface area contributed by atoms with Crippen molar-refractivity contribution in [3.8, 4) is 0 Å². The van der Waals surface area contributed by atoms with E-state index in [-0.39, 0.29) is 11.6 Å². The average Bonchev–Trinajstić information content (AvgIpc) is 3.32. The van der Waals surface area contributed by atoms with Gasteiger partial charge in [-0.1, -0.05) is 49.4 Å². The highest BCUT2D eigenvalue weighted by Gasteiger charge is 2.19. The number of rotatable bonds is 9. The van der Waals surface area contributed by atoms with Gasteiger partial charge in [0, 0.05) is 42.4 Å². The van der Waals surface area contributed by atoms with Crippen LogP contribution in [0.1, 0.15) is 31.5 Å². The van der Waals surface area contributed by atoms with Crippen LogP contribution in [-0.2, 0) is 4.74 Å². The first kappa shape index (κ1) is 25.8. The molecule has 1 saturated heterocycles. The van der Waals surface area contributed by atoms with Crippen LogP contribution in [0.4, 0.5) is 16.0 Å². The summed E-state index contributed by atoms with van der Waals surface area (Å²) in [6.45, 7) is 6.63. The summed E-state index contributed by atoms with van der Waals surface area (Å²) in [6.07, 6.45) is 12.2. The molecule has 192 valence electrons. The second-order valence-electron chi connectivity index (χ2n) is 8.44. The first-order valence-electron chi connectivity index (χ1n) is 12.2. The van der Waals surface area contributed by atoms with Gasteiger partial charge in [-0.05, 0) is 25.5 Å². The van der Waals surface area contributed by atoms with Crippen molar-refractivity contribution in [1.29, 1.82) is 5.41 Å². The molecule has 37 heavy (non-hydrogen) atoms. The average molecular weight is 503 g/mol. The van der Waals surface area contributed by atoms with Gasteiger partial charge in [0.15, 0.2) is 11.5 Å². The Hall–Kier alpha value is -4.24. The molecule has 8 nitrogen and oxygen atoms in total. The zero-order valence-corrected chi connectivity index (χ0v) is 21.0. The summed E-state index contributed by atoms with van der Waals surface area (Å²) in [5, 5.41) is 26.5. The molecule has 3 aromatic rings. The molecule has 0 atom stereocenters. The standard InChI is InChI=1S/C28H31FN6O2/c1-3-5-6-9-20(8-4-2)24-18-26-31-25(19-28(35(26)33-24)34-12-14-37-15-13-34)32-27(36)17-23(30)21-10-7-11-22(29)16-21/h4-11,16-19,30,36H,3,12-15H2,1-2H3,(H,31,32)/b6-5+,8-4-,20-9+,27-17+,30-23?. The Kier molecular flexibility index (Phi) is 8.48. The van der Waals surface area contributed by atoms with Crippen molar-refractivity contribution in [2.45, 2.75) is 20.3 Å². The molecule has 3 heterocycles. The molecular formula is C28H31FN6O2. The number of hydrogen-bond donors (Lipinski definition) is 3. The Labute approximate surface area is 215 Å². The minimum Gasteiger partial charge on any atom is -0.494 e. The smallest absolute Gasteiger partial charge is 0.191 e. The van der Waals surface area contributed by atoms with Crippen molar-refractivity contribution in [3.05, 3.63) is 95.8 Å². The summed E-state index contributed by atoms with van der Waals surface area (Å²) in [5.41, 5.74) is 2.64. The summed E-state index contributed by atoms with van der Waals surface area (Å²) in [6, 6.07) is 9.38. The maximum atomic E-state index is 13.5. The van der Waals surface area contributed by atoms with E-state index >= 15 is 0 Å². The topological polar surface area (TPSA) is 98.8 Å². The fourth-order valence-corrected chi connectivity index (χ4v) is 3.94. The summed E-state index contributed by atoms with van der Waals surface area (Å²) in [4.78, 5) is 6.81. The number of hydrogen-bond acceptors (Lipinski definition) is 7. The Balaban J connectivity index is 1.71. The van der Waals surface area contributed by atoms with E-state index in [1.54, 1.807) is 16.6 Å². The lowest BCUT2D eigenvalue weighted by atomic mass is 10.1. The molecule has 0 bridgehead atoms. The Morgan fingerprint density at radius 1 is 1.24 bits per heavy atom. The molecule has 1 aliphatic heterocycles. The zero-order valence-electron chi connectivity index (χ0n) is 21.0. The quantitative estimate of drug-likeness (QED) is 0.203. The molecule has 0 saturated carbocycles. The van der Waals surface area contributed by atoms with Gasteiger partial charge >= 0.3 is 0 Å². The van der Waals surface area contributed by atoms with Crippen LogP contribution in [0.25, 0.3) is 11.2 Å². The number of aliphatic hydroxyl groups is 1. The number of benzene rings is 1. The van der Waals surface area contributed by atoms with Gasteiger partial charge in [0.1, 0.15) is 17.5 Å². The van der Waals surface area contributed by atoms with E-state index in [1.165, 1.54) is 24.3 Å². The fourth-order valence-electron chi connectivity index (χ4n) is 3.94. The molecule has 0 aliphatic carbocycles. The summed E-state index contributed by atoms with van der Waals surface area (Å²) in [7, 11) is 0. The highest BCUT2D eigenvalue weighted by Crippen LogP contribution is 2.25. The molecule has 0 spiro atoms. The van der Waals surface area contributed by atoms with E-state index in [1.807, 2.05) is 37.3 Å². The number of ether oxygens (including phenoxy) is 1. The van der Waals surface area contributed by atoms with Gasteiger partial charge in [0.25, 0.3) is 0 Å². The molecule has 2 aromatic heterocycles. The molecule has 1 aliphatic rings. The number of nitrogens with zero attached hydrogens (tertiary/aromatic N) is 4. The summed E-state index contributed by atoms with van der Waals surface area (Å²) >= 11 is 0. The first-order valence-corrected chi connectivity index (χ1v) is 12.2. The Bertz CT molecular complexity index is 1380. The van der Waals surface area contributed by atoms with E-state index in [4.69, 9.17) is 15.2 Å². The summed E-state index contributed by atoms with van der Waals surface area (Å²) in [5.74, 6) is 0.471. The predicted molar refractivity (Wildman–Crippen MR) is 146 cm³/mol. The van der Waals surface area contributed by atoms with Crippen molar-refractivity contribution >= 4 is 28.6 Å². The van der Waals surface area contributed by atoms with Crippen LogP contribution in [-0.4, -0.2) is 51.7 Å². The van der Waals surface area contributed by atoms with Crippen molar-refractivity contribution in [2.24, 2.45) is 0 Å². The second-order valence-corrected chi connectivity index (χ2v) is 8.44. The van der Waals surface area contributed by atoms with Gasteiger partial charge in [-0.25, -0.2) is 9.37 Å². The monoisotopic (exact) mass is 502 g/mol. The van der Waals surface area contributed by atoms with E-state index in [2.05, 4.69) is 28.2 Å². The van der Waals surface area contributed by atoms with Crippen LogP contribution in [0.3, 0.4) is 0 Å². The minimum atomic E-state index is -0.446. The number of halogens is 1. The number of allylic oxidation sites excluding steroid dienone is 7. The van der Waals surface area contributed by atoms with Gasteiger partial charge in [-0.2, -0.15) is 9.61 Å². The minimum absolute atomic E-state index is 0.0353. The van der Waals surface area contributed by atoms with Crippen LogP contribution in [0, 0.1) is 11.2 Å². The third kappa shape index (κ3) is 6.50. The van der Waals surface area contributed by atoms with Gasteiger partial charge in [0.05, 0.1) is 24.6 Å². The Morgan fingerprint density at radius 2 is 2.05 bits per heavy atom. The van der Waals surface area contributed by atoms with E-state index < -0.39 is 5.82 Å². The zero-order chi connectivity index (χ0) is 26.2. The van der Waals surface area contributed by atoms with Crippen LogP contribution < -0.4 is 10.2 Å². The van der Waals surface area contributed by atoms with Crippen LogP contribution in [0.5, 0.6) is 0 Å². The van der Waals surface area contributed by atoms with Gasteiger partial charge in [0.2, 0.25) is 0 Å². The highest BCUT2D eigenvalue weighted by molar-refractivity contribution is 6.06. The van der Waals surface area contributed by atoms with Gasteiger partial charge in [-0.3, -0.25) is 0 Å². The van der Waals surface area contributed by atoms with Crippen molar-refractivity contribution < 1.29 is 14.2 Å². The molecule has 9 heteroatoms. The normalized spacial score (nSPS) is 15.3. The number of aromatic nitrogens is 3. The molecule has 4 rings (SSSR count). The van der Waals surface area contributed by atoms with E-state index in [0.717, 1.165) is 23.5 Å². The molecule has 0 radical (unpaired) electrons. The molecule has 1 aromatic carbocycles. The maximum absolute atomic E-state index is 13.5. The van der Waals surface area contributed by atoms with Crippen molar-refractivity contribution in [2.75, 3.05) is 36.5 Å². The van der Waals surface area contributed by atoms with Crippen LogP contribution >= 0.6 is 0 Å². The third-order valence-electron chi connectivity index (χ3n) is 5.71. The largest absolute Gasteiger partial charge is 0.494 e. The van der Waals surface area contributed by atoms with E-state index in [0.29, 0.717) is 43.3 Å². The first-order chi connectivity index (χ1) is 18.0. The SMILES string of the molecule is C\C=C/C(=C\C=C\CC)c1cc2nc(N/C(O)=C\C(=N)c3cccc(F)c3)cc(N3CCOCC3)n2n1. The van der Waals surface area contributed by atoms with Crippen LogP contribution in [0.15, 0.2) is 78.7 Å². The van der Waals surface area contributed by atoms with E-state index in [9.17, 15) is 9.50 Å². The lowest BCUT2D eigenvalue weighted by Gasteiger charge is -2.29. The molecule has 1 fully saturated rings. The second kappa shape index (κ2) is 12.1. The number of anilines is 2. The maximum Gasteiger partial charge on any atom is 0.191 e. The summed E-state index contributed by atoms with van der Waals surface area (Å²) < 4.78 is 20.9. The van der Waals surface area contributed by atoms with Gasteiger partial charge in [-0.15, -0.1) is 0 Å². The highest BCUT2D eigenvalue weighted by atomic mass is 19.1. The predicted octanol–water partition coefficient (Wildman–Crippen LogP) is 5.51. The Morgan fingerprint density at radius 3 is 2.78 bits per heavy atom. The number of nitrogens with one attached hydrogen (secondary N) is 2. The number of aliphatic hydroxyl groups excluding tert-OH is 1. The fraction of sp³-hybridized carbons (Fsp3) is 0.250. The molecule has 3 N–H and O–H groups in total. The lowest BCUT2D eigenvalue weighted by molar-refractivity contribution is 0.122. The van der Waals surface area contributed by atoms with Crippen molar-refractivity contribution in [1.82, 2.24) is 14.6 Å². The third-order valence-corrected chi connectivity index (χ3v) is 5.71. The number of morpholine rings is 1. The van der Waals surface area contributed by atoms with Crippen molar-refractivity contribution in [3.63, 3.8) is 0 Å². The number of fused-ring (bicyclic) bond motifs is 1. The molecule has 0 amide bonds.